The summed E-state index contributed by atoms with van der Waals surface area (Å²) < 4.78 is 10.2. The maximum Gasteiger partial charge on any atom is 0.333 e. The summed E-state index contributed by atoms with van der Waals surface area (Å²) >= 11 is 0. The summed E-state index contributed by atoms with van der Waals surface area (Å²) in [6.07, 6.45) is 7.29. The Hall–Kier alpha value is -2.03. The highest BCUT2D eigenvalue weighted by Crippen LogP contribution is 2.40. The first-order valence-corrected chi connectivity index (χ1v) is 11.4. The molecular formula is C26H38O7. The molecule has 4 N–H and O–H groups in total. The molecule has 1 aliphatic carbocycles. The van der Waals surface area contributed by atoms with Gasteiger partial charge in [-0.05, 0) is 56.6 Å². The Kier molecular flexibility index (Phi) is 9.82. The van der Waals surface area contributed by atoms with Crippen LogP contribution >= 0.6 is 0 Å². The first-order valence-electron chi connectivity index (χ1n) is 11.4. The van der Waals surface area contributed by atoms with Crippen molar-refractivity contribution in [2.45, 2.75) is 84.6 Å². The van der Waals surface area contributed by atoms with Crippen LogP contribution in [0.3, 0.4) is 0 Å². The molecule has 2 rings (SSSR count). The van der Waals surface area contributed by atoms with Crippen LogP contribution in [0.1, 0.15) is 53.9 Å². The molecule has 5 atom stereocenters. The molecule has 0 spiro atoms. The number of esters is 1. The molecule has 0 amide bonds. The molecule has 0 radical (unpaired) electrons. The van der Waals surface area contributed by atoms with Gasteiger partial charge in [0.2, 0.25) is 6.29 Å². The van der Waals surface area contributed by atoms with Crippen molar-refractivity contribution >= 4 is 5.97 Å². The number of rotatable bonds is 7. The van der Waals surface area contributed by atoms with Crippen LogP contribution in [-0.4, -0.2) is 63.7 Å². The van der Waals surface area contributed by atoms with Gasteiger partial charge in [0.25, 0.3) is 0 Å². The predicted octanol–water partition coefficient (Wildman–Crippen LogP) is 2.86. The smallest absolute Gasteiger partial charge is 0.333 e. The average molecular weight is 463 g/mol. The van der Waals surface area contributed by atoms with Gasteiger partial charge in [0.1, 0.15) is 24.4 Å². The fraction of sp³-hybridized carbons (Fsp3) is 0.577. The minimum atomic E-state index is -1.62. The zero-order chi connectivity index (χ0) is 24.8. The third-order valence-electron chi connectivity index (χ3n) is 6.20. The number of carbonyl (C=O) groups excluding carboxylic acids is 1. The van der Waals surface area contributed by atoms with Gasteiger partial charge in [-0.25, -0.2) is 4.79 Å². The van der Waals surface area contributed by atoms with Crippen LogP contribution in [0.5, 0.6) is 0 Å². The maximum atomic E-state index is 12.2. The van der Waals surface area contributed by atoms with Gasteiger partial charge in [-0.15, -0.1) is 0 Å². The van der Waals surface area contributed by atoms with Crippen LogP contribution in [0.2, 0.25) is 0 Å². The first kappa shape index (κ1) is 27.2. The van der Waals surface area contributed by atoms with E-state index in [9.17, 15) is 25.2 Å². The van der Waals surface area contributed by atoms with Gasteiger partial charge in [0.05, 0.1) is 6.61 Å². The molecular weight excluding hydrogens is 424 g/mol. The van der Waals surface area contributed by atoms with E-state index >= 15 is 0 Å². The molecule has 2 aliphatic rings. The van der Waals surface area contributed by atoms with Crippen LogP contribution in [0.25, 0.3) is 0 Å². The molecule has 0 saturated carbocycles. The highest BCUT2D eigenvalue weighted by molar-refractivity contribution is 5.83. The molecule has 0 aromatic rings. The molecule has 1 saturated heterocycles. The lowest BCUT2D eigenvalue weighted by molar-refractivity contribution is -0.291. The van der Waals surface area contributed by atoms with Crippen molar-refractivity contribution in [3.8, 4) is 0 Å². The minimum absolute atomic E-state index is 0.190. The van der Waals surface area contributed by atoms with Crippen LogP contribution in [0.4, 0.5) is 0 Å². The lowest BCUT2D eigenvalue weighted by Gasteiger charge is -2.38. The molecule has 0 aromatic heterocycles. The Morgan fingerprint density at radius 3 is 2.45 bits per heavy atom. The lowest BCUT2D eigenvalue weighted by Crippen LogP contribution is -2.59. The van der Waals surface area contributed by atoms with Crippen LogP contribution < -0.4 is 0 Å². The van der Waals surface area contributed by atoms with Gasteiger partial charge in [0.15, 0.2) is 0 Å². The van der Waals surface area contributed by atoms with Gasteiger partial charge in [-0.1, -0.05) is 55.4 Å². The first-order chi connectivity index (χ1) is 15.5. The summed E-state index contributed by atoms with van der Waals surface area (Å²) in [5.41, 5.74) is 4.73. The Morgan fingerprint density at radius 1 is 1.12 bits per heavy atom. The van der Waals surface area contributed by atoms with Crippen molar-refractivity contribution in [3.05, 3.63) is 58.7 Å². The molecule has 33 heavy (non-hydrogen) atoms. The van der Waals surface area contributed by atoms with E-state index in [1.165, 1.54) is 30.1 Å². The number of aliphatic hydroxyl groups excluding tert-OH is 4. The highest BCUT2D eigenvalue weighted by atomic mass is 16.7. The molecule has 184 valence electrons. The highest BCUT2D eigenvalue weighted by Gasteiger charge is 2.45. The third kappa shape index (κ3) is 7.48. The molecule has 1 aliphatic heterocycles. The Morgan fingerprint density at radius 2 is 1.82 bits per heavy atom. The van der Waals surface area contributed by atoms with Crippen LogP contribution in [0.15, 0.2) is 58.7 Å². The topological polar surface area (TPSA) is 116 Å². The molecule has 7 heteroatoms. The molecule has 7 nitrogen and oxygen atoms in total. The minimum Gasteiger partial charge on any atom is -0.430 e. The second-order valence-electron chi connectivity index (χ2n) is 9.56. The Balaban J connectivity index is 1.96. The van der Waals surface area contributed by atoms with E-state index in [1.807, 2.05) is 19.1 Å². The largest absolute Gasteiger partial charge is 0.430 e. The van der Waals surface area contributed by atoms with Crippen molar-refractivity contribution in [1.82, 2.24) is 0 Å². The SMILES string of the molecule is CC1=C(/C=C/C(C)=C\C=C\C(C)=C\C(=O)O[C@@H]2O[C@H](CO)[C@@H](O)[C@H](O)[C@H]2O)C(C)(C)CCC1. The van der Waals surface area contributed by atoms with Crippen molar-refractivity contribution in [1.29, 1.82) is 0 Å². The number of allylic oxidation sites excluding steroid dienone is 9. The summed E-state index contributed by atoms with van der Waals surface area (Å²) in [7, 11) is 0. The van der Waals surface area contributed by atoms with E-state index in [-0.39, 0.29) is 5.41 Å². The molecule has 0 bridgehead atoms. The predicted molar refractivity (Wildman–Crippen MR) is 126 cm³/mol. The molecule has 1 fully saturated rings. The van der Waals surface area contributed by atoms with Gasteiger partial charge in [0, 0.05) is 6.08 Å². The van der Waals surface area contributed by atoms with Crippen LogP contribution in [-0.2, 0) is 14.3 Å². The second-order valence-corrected chi connectivity index (χ2v) is 9.56. The van der Waals surface area contributed by atoms with Crippen molar-refractivity contribution < 1.29 is 34.7 Å². The maximum absolute atomic E-state index is 12.2. The average Bonchev–Trinajstić information content (AvgIpc) is 2.73. The zero-order valence-corrected chi connectivity index (χ0v) is 20.2. The van der Waals surface area contributed by atoms with E-state index in [2.05, 4.69) is 32.9 Å². The van der Waals surface area contributed by atoms with Crippen LogP contribution in [0, 0.1) is 5.41 Å². The molecule has 0 unspecified atom stereocenters. The van der Waals surface area contributed by atoms with E-state index < -0.39 is 43.3 Å². The van der Waals surface area contributed by atoms with Crippen molar-refractivity contribution in [2.75, 3.05) is 6.61 Å². The third-order valence-corrected chi connectivity index (χ3v) is 6.20. The quantitative estimate of drug-likeness (QED) is 0.261. The van der Waals surface area contributed by atoms with Gasteiger partial charge in [-0.2, -0.15) is 0 Å². The van der Waals surface area contributed by atoms with E-state index in [4.69, 9.17) is 9.47 Å². The Bertz CT molecular complexity index is 845. The molecule has 0 aromatic carbocycles. The normalized spacial score (nSPS) is 31.5. The number of aliphatic hydroxyl groups is 4. The zero-order valence-electron chi connectivity index (χ0n) is 20.2. The number of hydrogen-bond acceptors (Lipinski definition) is 7. The van der Waals surface area contributed by atoms with E-state index in [1.54, 1.807) is 13.0 Å². The summed E-state index contributed by atoms with van der Waals surface area (Å²) in [6, 6.07) is 0. The Labute approximate surface area is 196 Å². The fourth-order valence-electron chi connectivity index (χ4n) is 4.18. The summed E-state index contributed by atoms with van der Waals surface area (Å²) in [6.45, 7) is 9.92. The second kappa shape index (κ2) is 11.9. The van der Waals surface area contributed by atoms with E-state index in [0.717, 1.165) is 12.0 Å². The van der Waals surface area contributed by atoms with Gasteiger partial charge >= 0.3 is 5.97 Å². The number of carbonyl (C=O) groups is 1. The van der Waals surface area contributed by atoms with Gasteiger partial charge in [-0.3, -0.25) is 0 Å². The summed E-state index contributed by atoms with van der Waals surface area (Å²) in [5, 5.41) is 38.7. The summed E-state index contributed by atoms with van der Waals surface area (Å²) in [5.74, 6) is -0.774. The fourth-order valence-corrected chi connectivity index (χ4v) is 4.18. The lowest BCUT2D eigenvalue weighted by atomic mass is 9.72. The monoisotopic (exact) mass is 462 g/mol. The van der Waals surface area contributed by atoms with Crippen molar-refractivity contribution in [2.24, 2.45) is 5.41 Å². The van der Waals surface area contributed by atoms with E-state index in [0.29, 0.717) is 5.57 Å². The van der Waals surface area contributed by atoms with Crippen molar-refractivity contribution in [3.63, 3.8) is 0 Å². The molecule has 1 heterocycles. The van der Waals surface area contributed by atoms with Gasteiger partial charge < -0.3 is 29.9 Å². The summed E-state index contributed by atoms with van der Waals surface area (Å²) in [4.78, 5) is 12.2. The number of hydrogen-bond donors (Lipinski definition) is 4. The number of ether oxygens (including phenoxy) is 2. The standard InChI is InChI=1S/C26H38O7/c1-16(11-12-19-18(3)10-7-13-26(19,4)5)8-6-9-17(2)14-21(28)33-25-24(31)23(30)22(29)20(15-27)32-25/h6,8-9,11-12,14,20,22-25,27,29-31H,7,10,13,15H2,1-5H3/b9-6+,12-11+,16-8-,17-14+/t20-,22-,23+,24-,25+/m1/s1.